The van der Waals surface area contributed by atoms with Crippen molar-refractivity contribution in [1.29, 1.82) is 0 Å². The Morgan fingerprint density at radius 1 is 0.310 bits per heavy atom. The summed E-state index contributed by atoms with van der Waals surface area (Å²) in [6.07, 6.45) is 0. The molecule has 3 nitrogen and oxygen atoms in total. The van der Waals surface area contributed by atoms with Crippen molar-refractivity contribution in [3.63, 3.8) is 0 Å². The number of rotatable bonds is 6. The largest absolute Gasteiger partial charge is 0.455 e. The molecule has 0 N–H and O–H groups in total. The van der Waals surface area contributed by atoms with E-state index in [0.717, 1.165) is 49.7 Å². The lowest BCUT2D eigenvalue weighted by molar-refractivity contribution is 0.673. The van der Waals surface area contributed by atoms with Gasteiger partial charge in [0.05, 0.1) is 27.5 Å². The summed E-state index contributed by atoms with van der Waals surface area (Å²) in [7, 11) is -1.97. The highest BCUT2D eigenvalue weighted by molar-refractivity contribution is 8.34. The van der Waals surface area contributed by atoms with E-state index in [9.17, 15) is 0 Å². The molecule has 9 aromatic carbocycles. The van der Waals surface area contributed by atoms with Crippen LogP contribution in [0.2, 0.25) is 0 Å². The second kappa shape index (κ2) is 12.9. The van der Waals surface area contributed by atoms with Crippen molar-refractivity contribution in [3.8, 4) is 11.4 Å². The van der Waals surface area contributed by atoms with Gasteiger partial charge in [0.2, 0.25) is 0 Å². The summed E-state index contributed by atoms with van der Waals surface area (Å²) >= 11 is 0. The monoisotopic (exact) mass is 760 g/mol. The summed E-state index contributed by atoms with van der Waals surface area (Å²) in [4.78, 5) is 5.17. The first-order valence-electron chi connectivity index (χ1n) is 19.8. The molecule has 0 saturated heterocycles. The Labute approximate surface area is 336 Å². The second-order valence-corrected chi connectivity index (χ2v) is 18.0. The molecule has 0 bridgehead atoms. The van der Waals surface area contributed by atoms with Crippen molar-refractivity contribution in [2.45, 2.75) is 19.6 Å². The first kappa shape index (κ1) is 32.9. The molecule has 0 amide bonds. The number of hydrogen-bond donors (Lipinski definition) is 0. The van der Waals surface area contributed by atoms with Crippen LogP contribution in [0.3, 0.4) is 0 Å². The maximum absolute atomic E-state index is 6.61. The highest BCUT2D eigenvalue weighted by Gasteiger charge is 2.34. The first-order valence-corrected chi connectivity index (χ1v) is 21.4. The fraction of sp³-hybridized carbons (Fsp3) is 0. The maximum atomic E-state index is 6.61. The number of benzene rings is 9. The van der Waals surface area contributed by atoms with Crippen LogP contribution in [0.15, 0.2) is 242 Å². The summed E-state index contributed by atoms with van der Waals surface area (Å²) in [5, 5.41) is 7.11. The van der Waals surface area contributed by atoms with E-state index in [2.05, 4.69) is 221 Å². The van der Waals surface area contributed by atoms with Gasteiger partial charge in [0.15, 0.2) is 0 Å². The minimum absolute atomic E-state index is 0.912. The van der Waals surface area contributed by atoms with Gasteiger partial charge in [-0.1, -0.05) is 109 Å². The van der Waals surface area contributed by atoms with Crippen LogP contribution in [0.25, 0.3) is 76.9 Å². The Bertz CT molecular complexity index is 3450. The molecule has 0 unspecified atom stereocenters. The molecular formula is C54H36N2OS. The third kappa shape index (κ3) is 4.70. The molecule has 0 radical (unpaired) electrons. The van der Waals surface area contributed by atoms with E-state index >= 15 is 0 Å². The summed E-state index contributed by atoms with van der Waals surface area (Å²) in [5.74, 6) is 0. The number of furan rings is 1. The Kier molecular flexibility index (Phi) is 7.31. The van der Waals surface area contributed by atoms with Gasteiger partial charge in [-0.15, -0.1) is 10.0 Å². The van der Waals surface area contributed by atoms with E-state index in [1.54, 1.807) is 0 Å². The zero-order chi connectivity index (χ0) is 38.2. The molecule has 274 valence electrons. The summed E-state index contributed by atoms with van der Waals surface area (Å²) in [6, 6.07) is 79.9. The van der Waals surface area contributed by atoms with Gasteiger partial charge in [-0.3, -0.25) is 0 Å². The van der Waals surface area contributed by atoms with Crippen LogP contribution >= 0.6 is 10.0 Å². The topological polar surface area (TPSA) is 23.0 Å². The van der Waals surface area contributed by atoms with Crippen LogP contribution in [0.4, 0.5) is 0 Å². The van der Waals surface area contributed by atoms with Gasteiger partial charge < -0.3 is 13.6 Å². The molecule has 0 saturated carbocycles. The van der Waals surface area contributed by atoms with Crippen molar-refractivity contribution in [2.75, 3.05) is 0 Å². The minimum Gasteiger partial charge on any atom is -0.455 e. The number of para-hydroxylation sites is 4. The van der Waals surface area contributed by atoms with Crippen molar-refractivity contribution >= 4 is 75.6 Å². The van der Waals surface area contributed by atoms with Gasteiger partial charge in [-0.25, -0.2) is 0 Å². The first-order chi connectivity index (χ1) is 28.8. The molecule has 3 aromatic heterocycles. The Hall–Kier alpha value is -7.27. The zero-order valence-electron chi connectivity index (χ0n) is 31.5. The van der Waals surface area contributed by atoms with E-state index in [1.165, 1.54) is 46.8 Å². The van der Waals surface area contributed by atoms with Gasteiger partial charge in [0.25, 0.3) is 0 Å². The highest BCUT2D eigenvalue weighted by atomic mass is 32.3. The number of hydrogen-bond acceptors (Lipinski definition) is 1. The molecule has 0 atom stereocenters. The molecule has 0 aliphatic carbocycles. The fourth-order valence-corrected chi connectivity index (χ4v) is 13.3. The molecule has 0 aliphatic heterocycles. The normalized spacial score (nSPS) is 12.4. The van der Waals surface area contributed by atoms with E-state index in [4.69, 9.17) is 4.42 Å². The SMILES string of the molecule is c1ccc(-n2c3ccccc3c3cc(S(c4ccccc4)(c4ccccc4)c4ccc(-n5c6ccccc6c6c7oc8ccccc8c7ccc65)cc4)ccc32)cc1. The molecule has 0 aliphatic rings. The third-order valence-corrected chi connectivity index (χ3v) is 15.7. The minimum atomic E-state index is -1.97. The van der Waals surface area contributed by atoms with Crippen LogP contribution in [-0.4, -0.2) is 9.13 Å². The zero-order valence-corrected chi connectivity index (χ0v) is 32.3. The molecule has 0 spiro atoms. The molecule has 3 heterocycles. The maximum Gasteiger partial charge on any atom is 0.145 e. The van der Waals surface area contributed by atoms with Crippen LogP contribution in [0, 0.1) is 0 Å². The Balaban J connectivity index is 1.11. The number of nitrogens with zero attached hydrogens (tertiary/aromatic N) is 2. The number of fused-ring (bicyclic) bond motifs is 10. The van der Waals surface area contributed by atoms with Gasteiger partial charge in [-0.05, 0) is 109 Å². The van der Waals surface area contributed by atoms with Gasteiger partial charge >= 0.3 is 0 Å². The smallest absolute Gasteiger partial charge is 0.145 e. The Morgan fingerprint density at radius 2 is 0.793 bits per heavy atom. The molecule has 12 aromatic rings. The molecular weight excluding hydrogens is 725 g/mol. The van der Waals surface area contributed by atoms with Crippen LogP contribution in [0.1, 0.15) is 0 Å². The standard InChI is InChI=1S/C54H36N2OS/c1-4-16-37(17-5-1)55-48-25-13-10-22-43(48)47-36-42(32-34-50(47)55)58(39-18-6-2-7-19-39,40-20-8-3-9-21-40)41-30-28-38(29-31-41)56-49-26-14-11-24-46(49)53-51(56)35-33-45-44-23-12-15-27-52(44)57-54(45)53/h1-36H. The average molecular weight is 761 g/mol. The van der Waals surface area contributed by atoms with Gasteiger partial charge in [0, 0.05) is 57.9 Å². The van der Waals surface area contributed by atoms with E-state index < -0.39 is 10.0 Å². The van der Waals surface area contributed by atoms with E-state index in [0.29, 0.717) is 0 Å². The third-order valence-electron chi connectivity index (χ3n) is 11.8. The van der Waals surface area contributed by atoms with Crippen molar-refractivity contribution in [2.24, 2.45) is 0 Å². The fourth-order valence-electron chi connectivity index (χ4n) is 9.38. The molecule has 0 fully saturated rings. The average Bonchev–Trinajstić information content (AvgIpc) is 3.96. The van der Waals surface area contributed by atoms with Crippen LogP contribution < -0.4 is 0 Å². The highest BCUT2D eigenvalue weighted by Crippen LogP contribution is 2.73. The van der Waals surface area contributed by atoms with Crippen LogP contribution in [0.5, 0.6) is 0 Å². The quantitative estimate of drug-likeness (QED) is 0.166. The molecule has 4 heteroatoms. The van der Waals surface area contributed by atoms with Crippen molar-refractivity contribution in [1.82, 2.24) is 9.13 Å². The molecule has 12 rings (SSSR count). The van der Waals surface area contributed by atoms with Gasteiger partial charge in [-0.2, -0.15) is 0 Å². The van der Waals surface area contributed by atoms with E-state index in [-0.39, 0.29) is 0 Å². The predicted molar refractivity (Wildman–Crippen MR) is 242 cm³/mol. The summed E-state index contributed by atoms with van der Waals surface area (Å²) in [6.45, 7) is 0. The number of aromatic nitrogens is 2. The predicted octanol–water partition coefficient (Wildman–Crippen LogP) is 15.1. The second-order valence-electron chi connectivity index (χ2n) is 14.9. The lowest BCUT2D eigenvalue weighted by Crippen LogP contribution is -2.06. The summed E-state index contributed by atoms with van der Waals surface area (Å²) < 4.78 is 11.4. The Morgan fingerprint density at radius 3 is 1.50 bits per heavy atom. The van der Waals surface area contributed by atoms with E-state index in [1.807, 2.05) is 6.07 Å². The lowest BCUT2D eigenvalue weighted by atomic mass is 10.1. The van der Waals surface area contributed by atoms with Gasteiger partial charge in [0.1, 0.15) is 11.2 Å². The van der Waals surface area contributed by atoms with Crippen molar-refractivity contribution in [3.05, 3.63) is 218 Å². The van der Waals surface area contributed by atoms with Crippen LogP contribution in [-0.2, 0) is 0 Å². The summed E-state index contributed by atoms with van der Waals surface area (Å²) in [5.41, 5.74) is 8.81. The van der Waals surface area contributed by atoms with Crippen molar-refractivity contribution < 1.29 is 4.42 Å². The molecule has 58 heavy (non-hydrogen) atoms. The lowest BCUT2D eigenvalue weighted by Gasteiger charge is -2.42.